The largest absolute Gasteiger partial charge is 0.543 e. The van der Waals surface area contributed by atoms with Crippen LogP contribution in [0.5, 0.6) is 0 Å². The summed E-state index contributed by atoms with van der Waals surface area (Å²) in [5, 5.41) is 10.0. The van der Waals surface area contributed by atoms with Gasteiger partial charge in [0.25, 0.3) is 0 Å². The van der Waals surface area contributed by atoms with Gasteiger partial charge in [-0.05, 0) is 12.1 Å². The van der Waals surface area contributed by atoms with Gasteiger partial charge in [-0.3, -0.25) is 4.98 Å². The lowest BCUT2D eigenvalue weighted by molar-refractivity contribution is -0.255. The Labute approximate surface area is 59.3 Å². The fourth-order valence-electron chi connectivity index (χ4n) is 0.484. The fourth-order valence-corrected chi connectivity index (χ4v) is 0.484. The lowest BCUT2D eigenvalue weighted by Crippen LogP contribution is -2.23. The third-order valence-electron chi connectivity index (χ3n) is 0.874. The van der Waals surface area contributed by atoms with E-state index in [0.29, 0.717) is 0 Å². The number of carbonyl (C=O) groups is 1. The minimum absolute atomic E-state index is 0. The monoisotopic (exact) mass is 138 g/mol. The van der Waals surface area contributed by atoms with E-state index >= 15 is 0 Å². The highest BCUT2D eigenvalue weighted by Gasteiger charge is 1.87. The van der Waals surface area contributed by atoms with Crippen molar-refractivity contribution in [1.29, 1.82) is 0 Å². The van der Waals surface area contributed by atoms with E-state index in [2.05, 4.69) is 4.98 Å². The van der Waals surface area contributed by atoms with Gasteiger partial charge in [-0.2, -0.15) is 0 Å². The molecule has 0 aliphatic heterocycles. The maximum Gasteiger partial charge on any atom is 0.0899 e. The summed E-state index contributed by atoms with van der Waals surface area (Å²) in [7, 11) is 0. The average Bonchev–Trinajstić information content (AvgIpc) is 1.90. The van der Waals surface area contributed by atoms with E-state index in [9.17, 15) is 9.90 Å². The van der Waals surface area contributed by atoms with E-state index in [1.807, 2.05) is 0 Å². The molecule has 0 aliphatic carbocycles. The molecule has 0 atom stereocenters. The number of aromatic carboxylic acids is 1. The van der Waals surface area contributed by atoms with Gasteiger partial charge in [-0.1, -0.05) is 13.5 Å². The Kier molecular flexibility index (Phi) is 3.11. The fraction of sp³-hybridized carbons (Fsp3) is 0.143. The molecule has 1 heterocycles. The third-order valence-corrected chi connectivity index (χ3v) is 0.874. The summed E-state index contributed by atoms with van der Waals surface area (Å²) in [4.78, 5) is 13.5. The molecule has 0 aliphatic rings. The molecular weight excluding hydrogens is 130 g/mol. The van der Waals surface area contributed by atoms with Gasteiger partial charge in [0.05, 0.1) is 11.7 Å². The molecule has 0 bridgehead atoms. The van der Waals surface area contributed by atoms with E-state index in [4.69, 9.17) is 0 Å². The summed E-state index contributed by atoms with van der Waals surface area (Å²) in [6.45, 7) is 0. The predicted molar refractivity (Wildman–Crippen MR) is 35.3 cm³/mol. The number of hydrogen-bond acceptors (Lipinski definition) is 3. The summed E-state index contributed by atoms with van der Waals surface area (Å²) in [6.07, 6.45) is 1.41. The lowest BCUT2D eigenvalue weighted by atomic mass is 10.4. The van der Waals surface area contributed by atoms with E-state index < -0.39 is 5.97 Å². The molecule has 0 N–H and O–H groups in total. The van der Waals surface area contributed by atoms with Crippen LogP contribution in [0, 0.1) is 0 Å². The molecule has 1 rings (SSSR count). The number of pyridine rings is 1. The molecule has 1 aromatic rings. The number of carboxylic acid groups (broad SMARTS) is 1. The predicted octanol–water partition coefficient (Wildman–Crippen LogP) is 0.0812. The third kappa shape index (κ3) is 1.85. The molecule has 0 spiro atoms. The van der Waals surface area contributed by atoms with Crippen LogP contribution in [0.1, 0.15) is 17.9 Å². The minimum atomic E-state index is -1.24. The van der Waals surface area contributed by atoms with Crippen molar-refractivity contribution in [2.24, 2.45) is 0 Å². The second-order valence-electron chi connectivity index (χ2n) is 1.50. The van der Waals surface area contributed by atoms with E-state index in [1.165, 1.54) is 12.3 Å². The van der Waals surface area contributed by atoms with Gasteiger partial charge in [-0.25, -0.2) is 0 Å². The Morgan fingerprint density at radius 2 is 2.20 bits per heavy atom. The van der Waals surface area contributed by atoms with Crippen molar-refractivity contribution in [3.8, 4) is 0 Å². The SMILES string of the molecule is C.O=C([O-])c1ccccn1. The maximum absolute atomic E-state index is 10.0. The van der Waals surface area contributed by atoms with E-state index in [1.54, 1.807) is 12.1 Å². The molecule has 1 aromatic heterocycles. The zero-order valence-electron chi connectivity index (χ0n) is 4.57. The van der Waals surface area contributed by atoms with Crippen LogP contribution in [-0.4, -0.2) is 11.0 Å². The van der Waals surface area contributed by atoms with Crippen LogP contribution in [0.25, 0.3) is 0 Å². The minimum Gasteiger partial charge on any atom is -0.543 e. The molecule has 3 heteroatoms. The smallest absolute Gasteiger partial charge is 0.0899 e. The number of carboxylic acids is 1. The normalized spacial score (nSPS) is 8.00. The van der Waals surface area contributed by atoms with Gasteiger partial charge >= 0.3 is 0 Å². The Bertz CT molecular complexity index is 208. The number of rotatable bonds is 1. The van der Waals surface area contributed by atoms with Crippen LogP contribution in [0.15, 0.2) is 24.4 Å². The van der Waals surface area contributed by atoms with Gasteiger partial charge < -0.3 is 9.90 Å². The second kappa shape index (κ2) is 3.61. The highest BCUT2D eigenvalue weighted by Crippen LogP contribution is 1.88. The second-order valence-corrected chi connectivity index (χ2v) is 1.50. The molecular formula is C7H8NO2-. The van der Waals surface area contributed by atoms with Crippen molar-refractivity contribution in [1.82, 2.24) is 4.98 Å². The first-order chi connectivity index (χ1) is 4.30. The van der Waals surface area contributed by atoms with Crippen molar-refractivity contribution in [2.45, 2.75) is 7.43 Å². The maximum atomic E-state index is 10.0. The number of carbonyl (C=O) groups excluding carboxylic acids is 1. The Morgan fingerprint density at radius 3 is 2.50 bits per heavy atom. The van der Waals surface area contributed by atoms with Crippen LogP contribution in [0.4, 0.5) is 0 Å². The molecule has 0 radical (unpaired) electrons. The molecule has 0 amide bonds. The van der Waals surface area contributed by atoms with Crippen LogP contribution in [0.2, 0.25) is 0 Å². The van der Waals surface area contributed by atoms with E-state index in [0.717, 1.165) is 0 Å². The Morgan fingerprint density at radius 1 is 1.50 bits per heavy atom. The van der Waals surface area contributed by atoms with Gasteiger partial charge in [0, 0.05) is 6.20 Å². The molecule has 54 valence electrons. The zero-order chi connectivity index (χ0) is 6.69. The molecule has 0 saturated carbocycles. The van der Waals surface area contributed by atoms with Gasteiger partial charge in [-0.15, -0.1) is 0 Å². The molecule has 3 nitrogen and oxygen atoms in total. The molecule has 0 saturated heterocycles. The summed E-state index contributed by atoms with van der Waals surface area (Å²) < 4.78 is 0. The molecule has 0 aromatic carbocycles. The quantitative estimate of drug-likeness (QED) is 0.552. The Hall–Kier alpha value is -1.38. The molecule has 10 heavy (non-hydrogen) atoms. The summed E-state index contributed by atoms with van der Waals surface area (Å²) in [5.41, 5.74) is -0.0301. The first kappa shape index (κ1) is 8.62. The molecule has 0 fully saturated rings. The number of aromatic nitrogens is 1. The highest BCUT2D eigenvalue weighted by atomic mass is 16.4. The number of hydrogen-bond donors (Lipinski definition) is 0. The Balaban J connectivity index is 0.000000810. The first-order valence-corrected chi connectivity index (χ1v) is 2.43. The topological polar surface area (TPSA) is 53.0 Å². The van der Waals surface area contributed by atoms with Crippen LogP contribution < -0.4 is 5.11 Å². The zero-order valence-corrected chi connectivity index (χ0v) is 4.57. The van der Waals surface area contributed by atoms with Crippen molar-refractivity contribution in [3.05, 3.63) is 30.1 Å². The van der Waals surface area contributed by atoms with Crippen LogP contribution in [0.3, 0.4) is 0 Å². The van der Waals surface area contributed by atoms with Gasteiger partial charge in [0.2, 0.25) is 0 Å². The van der Waals surface area contributed by atoms with Crippen molar-refractivity contribution in [2.75, 3.05) is 0 Å². The van der Waals surface area contributed by atoms with E-state index in [-0.39, 0.29) is 13.1 Å². The van der Waals surface area contributed by atoms with Gasteiger partial charge in [0.15, 0.2) is 0 Å². The van der Waals surface area contributed by atoms with Crippen molar-refractivity contribution in [3.63, 3.8) is 0 Å². The average molecular weight is 138 g/mol. The summed E-state index contributed by atoms with van der Waals surface area (Å²) in [6, 6.07) is 4.62. The number of nitrogens with zero attached hydrogens (tertiary/aromatic N) is 1. The first-order valence-electron chi connectivity index (χ1n) is 2.43. The standard InChI is InChI=1S/C6H5NO2.CH4/c8-6(9)5-3-1-2-4-7-5;/h1-4H,(H,8,9);1H4/p-1. The highest BCUT2D eigenvalue weighted by molar-refractivity contribution is 5.83. The van der Waals surface area contributed by atoms with Crippen LogP contribution >= 0.6 is 0 Å². The summed E-state index contributed by atoms with van der Waals surface area (Å²) >= 11 is 0. The van der Waals surface area contributed by atoms with Crippen LogP contribution in [-0.2, 0) is 0 Å². The molecule has 0 unspecified atom stereocenters. The lowest BCUT2D eigenvalue weighted by Gasteiger charge is -1.96. The van der Waals surface area contributed by atoms with Crippen molar-refractivity contribution < 1.29 is 9.90 Å². The van der Waals surface area contributed by atoms with Gasteiger partial charge in [0.1, 0.15) is 0 Å². The van der Waals surface area contributed by atoms with Crippen molar-refractivity contribution >= 4 is 5.97 Å². The summed E-state index contributed by atoms with van der Waals surface area (Å²) in [5.74, 6) is -1.24.